The van der Waals surface area contributed by atoms with Crippen LogP contribution in [-0.4, -0.2) is 16.4 Å². The topological polar surface area (TPSA) is 121 Å². The molecule has 0 atom stereocenters. The van der Waals surface area contributed by atoms with Crippen molar-refractivity contribution in [3.05, 3.63) is 75.1 Å². The zero-order valence-electron chi connectivity index (χ0n) is 15.8. The molecule has 0 radical (unpaired) electrons. The van der Waals surface area contributed by atoms with E-state index in [1.54, 1.807) is 36.4 Å². The van der Waals surface area contributed by atoms with Gasteiger partial charge in [-0.25, -0.2) is 9.59 Å². The molecule has 2 aromatic heterocycles. The SMILES string of the molecule is CC(=O)Nc1ccc2c(COC(=O)Cn3c(=O)oc4ccccc43)cc(=O)oc2c1. The van der Waals surface area contributed by atoms with Crippen molar-refractivity contribution in [1.29, 1.82) is 0 Å². The Hall–Kier alpha value is -4.14. The van der Waals surface area contributed by atoms with Crippen LogP contribution in [0.15, 0.2) is 67.0 Å². The predicted octanol–water partition coefficient (Wildman–Crippen LogP) is 2.40. The van der Waals surface area contributed by atoms with Gasteiger partial charge in [-0.05, 0) is 24.3 Å². The number of anilines is 1. The number of rotatable bonds is 5. The molecule has 0 spiro atoms. The minimum atomic E-state index is -0.667. The molecular formula is C21H16N2O7. The molecule has 4 rings (SSSR count). The third-order valence-electron chi connectivity index (χ3n) is 4.40. The van der Waals surface area contributed by atoms with Gasteiger partial charge in [-0.3, -0.25) is 14.2 Å². The number of amides is 1. The molecule has 9 heteroatoms. The maximum absolute atomic E-state index is 12.3. The van der Waals surface area contributed by atoms with Crippen molar-refractivity contribution in [3.8, 4) is 0 Å². The van der Waals surface area contributed by atoms with Crippen molar-refractivity contribution >= 4 is 39.6 Å². The number of esters is 1. The molecule has 30 heavy (non-hydrogen) atoms. The van der Waals surface area contributed by atoms with Gasteiger partial charge in [0.05, 0.1) is 5.52 Å². The summed E-state index contributed by atoms with van der Waals surface area (Å²) in [5, 5.41) is 3.16. The highest BCUT2D eigenvalue weighted by atomic mass is 16.5. The van der Waals surface area contributed by atoms with E-state index >= 15 is 0 Å². The van der Waals surface area contributed by atoms with Crippen molar-refractivity contribution < 1.29 is 23.2 Å². The smallest absolute Gasteiger partial charge is 0.420 e. The maximum atomic E-state index is 12.3. The summed E-state index contributed by atoms with van der Waals surface area (Å²) in [6.07, 6.45) is 0. The van der Waals surface area contributed by atoms with Crippen LogP contribution in [0.25, 0.3) is 22.1 Å². The van der Waals surface area contributed by atoms with E-state index in [9.17, 15) is 19.2 Å². The summed E-state index contributed by atoms with van der Waals surface area (Å²) in [6, 6.07) is 12.8. The van der Waals surface area contributed by atoms with Gasteiger partial charge in [0.25, 0.3) is 0 Å². The molecule has 0 aliphatic carbocycles. The third-order valence-corrected chi connectivity index (χ3v) is 4.40. The Morgan fingerprint density at radius 1 is 1.03 bits per heavy atom. The fraction of sp³-hybridized carbons (Fsp3) is 0.143. The van der Waals surface area contributed by atoms with Crippen molar-refractivity contribution in [2.75, 3.05) is 5.32 Å². The summed E-state index contributed by atoms with van der Waals surface area (Å²) in [5.74, 6) is -1.59. The molecule has 0 aliphatic rings. The zero-order valence-corrected chi connectivity index (χ0v) is 15.8. The number of hydrogen-bond donors (Lipinski definition) is 1. The van der Waals surface area contributed by atoms with Gasteiger partial charge in [0.2, 0.25) is 5.91 Å². The molecule has 0 aliphatic heterocycles. The minimum Gasteiger partial charge on any atom is -0.459 e. The number of fused-ring (bicyclic) bond motifs is 2. The molecule has 9 nitrogen and oxygen atoms in total. The molecular weight excluding hydrogens is 392 g/mol. The first-order valence-electron chi connectivity index (χ1n) is 8.99. The second kappa shape index (κ2) is 7.70. The minimum absolute atomic E-state index is 0.190. The van der Waals surface area contributed by atoms with Crippen LogP contribution in [0.2, 0.25) is 0 Å². The Bertz CT molecular complexity index is 1390. The van der Waals surface area contributed by atoms with Crippen LogP contribution in [0.3, 0.4) is 0 Å². The van der Waals surface area contributed by atoms with Crippen LogP contribution < -0.4 is 16.7 Å². The molecule has 0 saturated carbocycles. The Labute approximate surface area is 168 Å². The van der Waals surface area contributed by atoms with Gasteiger partial charge >= 0.3 is 17.4 Å². The molecule has 0 bridgehead atoms. The number of aromatic nitrogens is 1. The Kier molecular flexibility index (Phi) is 4.93. The summed E-state index contributed by atoms with van der Waals surface area (Å²) in [4.78, 5) is 47.4. The second-order valence-corrected chi connectivity index (χ2v) is 6.57. The standard InChI is InChI=1S/C21H16N2O7/c1-12(24)22-14-6-7-15-13(8-19(25)29-18(15)9-14)11-28-20(26)10-23-16-4-2-3-5-17(16)30-21(23)27/h2-9H,10-11H2,1H3,(H,22,24). The Balaban J connectivity index is 1.55. The number of carbonyl (C=O) groups is 2. The number of nitrogens with one attached hydrogen (secondary N) is 1. The third kappa shape index (κ3) is 3.86. The first-order valence-corrected chi connectivity index (χ1v) is 8.99. The lowest BCUT2D eigenvalue weighted by atomic mass is 10.1. The Morgan fingerprint density at radius 3 is 2.63 bits per heavy atom. The van der Waals surface area contributed by atoms with Crippen molar-refractivity contribution in [2.45, 2.75) is 20.1 Å². The molecule has 1 N–H and O–H groups in total. The van der Waals surface area contributed by atoms with Gasteiger partial charge in [-0.1, -0.05) is 12.1 Å². The van der Waals surface area contributed by atoms with E-state index in [0.29, 0.717) is 27.7 Å². The molecule has 0 fully saturated rings. The van der Waals surface area contributed by atoms with E-state index in [0.717, 1.165) is 0 Å². The lowest BCUT2D eigenvalue weighted by molar-refractivity contribution is -0.145. The highest BCUT2D eigenvalue weighted by Gasteiger charge is 2.14. The summed E-state index contributed by atoms with van der Waals surface area (Å²) in [5.41, 5.74) is 1.39. The van der Waals surface area contributed by atoms with Gasteiger partial charge in [0.1, 0.15) is 18.7 Å². The Morgan fingerprint density at radius 2 is 1.83 bits per heavy atom. The first kappa shape index (κ1) is 19.2. The fourth-order valence-electron chi connectivity index (χ4n) is 3.13. The van der Waals surface area contributed by atoms with Crippen molar-refractivity contribution in [3.63, 3.8) is 0 Å². The van der Waals surface area contributed by atoms with Crippen LogP contribution in [0, 0.1) is 0 Å². The molecule has 2 heterocycles. The summed E-state index contributed by atoms with van der Waals surface area (Å²) in [7, 11) is 0. The van der Waals surface area contributed by atoms with Crippen LogP contribution in [0.1, 0.15) is 12.5 Å². The van der Waals surface area contributed by atoms with Crippen molar-refractivity contribution in [1.82, 2.24) is 4.57 Å². The summed E-state index contributed by atoms with van der Waals surface area (Å²) >= 11 is 0. The number of para-hydroxylation sites is 2. The van der Waals surface area contributed by atoms with E-state index in [-0.39, 0.29) is 24.6 Å². The van der Waals surface area contributed by atoms with Gasteiger partial charge in [-0.15, -0.1) is 0 Å². The van der Waals surface area contributed by atoms with Gasteiger partial charge in [0.15, 0.2) is 5.58 Å². The average molecular weight is 408 g/mol. The lowest BCUT2D eigenvalue weighted by Gasteiger charge is -2.09. The van der Waals surface area contributed by atoms with Crippen LogP contribution in [0.4, 0.5) is 5.69 Å². The molecule has 152 valence electrons. The molecule has 0 unspecified atom stereocenters. The van der Waals surface area contributed by atoms with Crippen LogP contribution in [-0.2, 0) is 27.5 Å². The number of oxazole rings is 1. The maximum Gasteiger partial charge on any atom is 0.420 e. The molecule has 1 amide bonds. The van der Waals surface area contributed by atoms with Gasteiger partial charge < -0.3 is 18.9 Å². The predicted molar refractivity (Wildman–Crippen MR) is 107 cm³/mol. The van der Waals surface area contributed by atoms with Crippen molar-refractivity contribution in [2.24, 2.45) is 0 Å². The second-order valence-electron chi connectivity index (χ2n) is 6.57. The highest BCUT2D eigenvalue weighted by Crippen LogP contribution is 2.22. The quantitative estimate of drug-likeness (QED) is 0.398. The number of ether oxygens (including phenoxy) is 1. The zero-order chi connectivity index (χ0) is 21.3. The van der Waals surface area contributed by atoms with E-state index in [1.165, 1.54) is 23.6 Å². The first-order chi connectivity index (χ1) is 14.4. The van der Waals surface area contributed by atoms with Gasteiger partial charge in [0, 0.05) is 35.7 Å². The monoisotopic (exact) mass is 408 g/mol. The van der Waals surface area contributed by atoms with E-state index in [1.807, 2.05) is 0 Å². The van der Waals surface area contributed by atoms with Gasteiger partial charge in [-0.2, -0.15) is 0 Å². The summed E-state index contributed by atoms with van der Waals surface area (Å²) < 4.78 is 16.7. The largest absolute Gasteiger partial charge is 0.459 e. The molecule has 4 aromatic rings. The number of hydrogen-bond acceptors (Lipinski definition) is 7. The average Bonchev–Trinajstić information content (AvgIpc) is 3.00. The fourth-order valence-corrected chi connectivity index (χ4v) is 3.13. The molecule has 0 saturated heterocycles. The lowest BCUT2D eigenvalue weighted by Crippen LogP contribution is -2.21. The normalized spacial score (nSPS) is 11.0. The number of benzene rings is 2. The van der Waals surface area contributed by atoms with E-state index < -0.39 is 17.4 Å². The number of carbonyl (C=O) groups excluding carboxylic acids is 2. The highest BCUT2D eigenvalue weighted by molar-refractivity contribution is 5.92. The van der Waals surface area contributed by atoms with E-state index in [2.05, 4.69) is 5.32 Å². The van der Waals surface area contributed by atoms with Crippen LogP contribution >= 0.6 is 0 Å². The van der Waals surface area contributed by atoms with Crippen LogP contribution in [0.5, 0.6) is 0 Å². The van der Waals surface area contributed by atoms with E-state index in [4.69, 9.17) is 13.6 Å². The molecule has 2 aromatic carbocycles. The number of nitrogens with zero attached hydrogens (tertiary/aromatic N) is 1. The summed E-state index contributed by atoms with van der Waals surface area (Å²) in [6.45, 7) is 0.845.